The first-order chi connectivity index (χ1) is 13.4. The highest BCUT2D eigenvalue weighted by Crippen LogP contribution is 2.36. The zero-order chi connectivity index (χ0) is 20.5. The number of hydrogen-bond acceptors (Lipinski definition) is 6. The summed E-state index contributed by atoms with van der Waals surface area (Å²) in [7, 11) is 0. The second-order valence-corrected chi connectivity index (χ2v) is 7.48. The molecule has 1 saturated carbocycles. The van der Waals surface area contributed by atoms with Crippen molar-refractivity contribution in [1.82, 2.24) is 10.6 Å². The van der Waals surface area contributed by atoms with E-state index in [1.165, 1.54) is 43.4 Å². The van der Waals surface area contributed by atoms with Crippen molar-refractivity contribution in [2.24, 2.45) is 0 Å². The van der Waals surface area contributed by atoms with Crippen molar-refractivity contribution in [2.75, 3.05) is 13.1 Å². The van der Waals surface area contributed by atoms with Crippen LogP contribution in [0.3, 0.4) is 0 Å². The molecular weight excluding hydrogens is 384 g/mol. The van der Waals surface area contributed by atoms with Crippen LogP contribution in [0.4, 0.5) is 0 Å². The van der Waals surface area contributed by atoms with Crippen LogP contribution in [0.25, 0.3) is 10.1 Å². The van der Waals surface area contributed by atoms with Crippen LogP contribution in [0.5, 0.6) is 5.75 Å². The molecule has 0 bridgehead atoms. The zero-order valence-corrected chi connectivity index (χ0v) is 16.1. The van der Waals surface area contributed by atoms with Crippen LogP contribution in [0.2, 0.25) is 0 Å². The summed E-state index contributed by atoms with van der Waals surface area (Å²) in [6.07, 6.45) is 6.44. The van der Waals surface area contributed by atoms with E-state index >= 15 is 0 Å². The normalized spacial score (nSPS) is 14.1. The lowest BCUT2D eigenvalue weighted by Crippen LogP contribution is -2.37. The van der Waals surface area contributed by atoms with E-state index in [9.17, 15) is 9.90 Å². The molecule has 5 N–H and O–H groups in total. The lowest BCUT2D eigenvalue weighted by molar-refractivity contribution is -0.159. The van der Waals surface area contributed by atoms with Gasteiger partial charge in [0.1, 0.15) is 10.6 Å². The minimum atomic E-state index is -1.82. The summed E-state index contributed by atoms with van der Waals surface area (Å²) >= 11 is 1.34. The van der Waals surface area contributed by atoms with Crippen LogP contribution < -0.4 is 10.6 Å². The van der Waals surface area contributed by atoms with E-state index in [2.05, 4.69) is 10.6 Å². The highest BCUT2D eigenvalue weighted by Gasteiger charge is 2.17. The molecule has 28 heavy (non-hydrogen) atoms. The summed E-state index contributed by atoms with van der Waals surface area (Å²) in [5, 5.41) is 32.1. The van der Waals surface area contributed by atoms with Gasteiger partial charge in [-0.05, 0) is 25.0 Å². The standard InChI is InChI=1S/C17H22N2O2S.C2H2O4/c20-15-13-8-4-5-9-14(13)22-16(15)17(21)19-11-10-18-12-6-2-1-3-7-12;3-1(4)2(5)6/h4-5,8-9,12,18,20H,1-3,6-7,10-11H2,(H,19,21);(H,3,4)(H,5,6). The fourth-order valence-corrected chi connectivity index (χ4v) is 4.04. The number of carboxylic acid groups (broad SMARTS) is 2. The average Bonchev–Trinajstić information content (AvgIpc) is 3.03. The Kier molecular flexibility index (Phi) is 8.21. The molecule has 8 nitrogen and oxygen atoms in total. The number of aromatic hydroxyl groups is 1. The molecule has 0 aliphatic heterocycles. The number of rotatable bonds is 5. The Hall–Kier alpha value is -2.65. The summed E-state index contributed by atoms with van der Waals surface area (Å²) in [4.78, 5) is 30.8. The number of nitrogens with one attached hydrogen (secondary N) is 2. The fourth-order valence-electron chi connectivity index (χ4n) is 3.03. The largest absolute Gasteiger partial charge is 0.506 e. The topological polar surface area (TPSA) is 136 Å². The maximum absolute atomic E-state index is 12.2. The van der Waals surface area contributed by atoms with Gasteiger partial charge in [-0.1, -0.05) is 31.4 Å². The Morgan fingerprint density at radius 1 is 1.00 bits per heavy atom. The Balaban J connectivity index is 0.000000409. The van der Waals surface area contributed by atoms with E-state index < -0.39 is 11.9 Å². The minimum Gasteiger partial charge on any atom is -0.506 e. The molecule has 2 aromatic rings. The third-order valence-electron chi connectivity index (χ3n) is 4.41. The third-order valence-corrected chi connectivity index (χ3v) is 5.57. The second kappa shape index (κ2) is 10.6. The SMILES string of the molecule is O=C(NCCNC1CCCCC1)c1sc2ccccc2c1O.O=C(O)C(=O)O. The van der Waals surface area contributed by atoms with Crippen molar-refractivity contribution >= 4 is 39.3 Å². The van der Waals surface area contributed by atoms with Gasteiger partial charge in [0, 0.05) is 29.2 Å². The van der Waals surface area contributed by atoms with Gasteiger partial charge in [0.25, 0.3) is 5.91 Å². The van der Waals surface area contributed by atoms with Crippen molar-refractivity contribution in [1.29, 1.82) is 0 Å². The van der Waals surface area contributed by atoms with Gasteiger partial charge in [-0.15, -0.1) is 11.3 Å². The van der Waals surface area contributed by atoms with Crippen molar-refractivity contribution in [3.05, 3.63) is 29.1 Å². The van der Waals surface area contributed by atoms with Crippen LogP contribution in [-0.4, -0.2) is 52.3 Å². The van der Waals surface area contributed by atoms with E-state index in [4.69, 9.17) is 19.8 Å². The minimum absolute atomic E-state index is 0.0957. The molecule has 1 amide bonds. The number of aliphatic carboxylic acids is 2. The molecular formula is C19H24N2O6S. The molecule has 1 aliphatic rings. The first-order valence-corrected chi connectivity index (χ1v) is 9.90. The van der Waals surface area contributed by atoms with E-state index in [0.29, 0.717) is 17.5 Å². The van der Waals surface area contributed by atoms with Gasteiger partial charge in [-0.2, -0.15) is 0 Å². The summed E-state index contributed by atoms with van der Waals surface area (Å²) in [5.74, 6) is -3.74. The van der Waals surface area contributed by atoms with Crippen molar-refractivity contribution < 1.29 is 29.7 Å². The quantitative estimate of drug-likeness (QED) is 0.379. The Morgan fingerprint density at radius 3 is 2.25 bits per heavy atom. The third kappa shape index (κ3) is 6.21. The number of carbonyl (C=O) groups excluding carboxylic acids is 1. The first kappa shape index (κ1) is 21.6. The van der Waals surface area contributed by atoms with Gasteiger partial charge < -0.3 is 26.0 Å². The predicted octanol–water partition coefficient (Wildman–Crippen LogP) is 2.41. The van der Waals surface area contributed by atoms with Gasteiger partial charge >= 0.3 is 11.9 Å². The molecule has 0 radical (unpaired) electrons. The molecule has 0 unspecified atom stereocenters. The highest BCUT2D eigenvalue weighted by molar-refractivity contribution is 7.21. The van der Waals surface area contributed by atoms with Crippen molar-refractivity contribution in [2.45, 2.75) is 38.1 Å². The number of thiophene rings is 1. The number of amides is 1. The molecule has 3 rings (SSSR count). The van der Waals surface area contributed by atoms with Gasteiger partial charge in [0.2, 0.25) is 0 Å². The fraction of sp³-hybridized carbons (Fsp3) is 0.421. The van der Waals surface area contributed by atoms with Gasteiger partial charge in [-0.25, -0.2) is 9.59 Å². The lowest BCUT2D eigenvalue weighted by Gasteiger charge is -2.22. The molecule has 0 saturated heterocycles. The molecule has 1 aromatic heterocycles. The van der Waals surface area contributed by atoms with Crippen LogP contribution in [0, 0.1) is 0 Å². The van der Waals surface area contributed by atoms with Gasteiger partial charge in [-0.3, -0.25) is 4.79 Å². The molecule has 1 aliphatic carbocycles. The van der Waals surface area contributed by atoms with E-state index in [-0.39, 0.29) is 11.7 Å². The van der Waals surface area contributed by atoms with E-state index in [1.807, 2.05) is 24.3 Å². The molecule has 0 atom stereocenters. The number of benzene rings is 1. The maximum Gasteiger partial charge on any atom is 0.414 e. The zero-order valence-electron chi connectivity index (χ0n) is 15.3. The molecule has 0 spiro atoms. The molecule has 152 valence electrons. The van der Waals surface area contributed by atoms with Crippen molar-refractivity contribution in [3.8, 4) is 5.75 Å². The first-order valence-electron chi connectivity index (χ1n) is 9.08. The summed E-state index contributed by atoms with van der Waals surface area (Å²) in [6.45, 7) is 1.37. The monoisotopic (exact) mass is 408 g/mol. The maximum atomic E-state index is 12.2. The number of carbonyl (C=O) groups is 3. The number of hydrogen-bond donors (Lipinski definition) is 5. The van der Waals surface area contributed by atoms with Crippen LogP contribution in [-0.2, 0) is 9.59 Å². The van der Waals surface area contributed by atoms with E-state index in [0.717, 1.165) is 16.6 Å². The smallest absolute Gasteiger partial charge is 0.414 e. The summed E-state index contributed by atoms with van der Waals surface area (Å²) in [5.41, 5.74) is 0. The number of carboxylic acids is 2. The lowest BCUT2D eigenvalue weighted by atomic mass is 9.95. The Labute approximate surface area is 166 Å². The van der Waals surface area contributed by atoms with Gasteiger partial charge in [0.15, 0.2) is 0 Å². The van der Waals surface area contributed by atoms with Crippen LogP contribution in [0.15, 0.2) is 24.3 Å². The molecule has 9 heteroatoms. The van der Waals surface area contributed by atoms with Gasteiger partial charge in [0.05, 0.1) is 0 Å². The average molecular weight is 408 g/mol. The molecule has 1 fully saturated rings. The summed E-state index contributed by atoms with van der Waals surface area (Å²) in [6, 6.07) is 8.13. The summed E-state index contributed by atoms with van der Waals surface area (Å²) < 4.78 is 0.936. The molecule has 1 heterocycles. The van der Waals surface area contributed by atoms with Crippen LogP contribution >= 0.6 is 11.3 Å². The Morgan fingerprint density at radius 2 is 1.64 bits per heavy atom. The van der Waals surface area contributed by atoms with Crippen LogP contribution in [0.1, 0.15) is 41.8 Å². The predicted molar refractivity (Wildman–Crippen MR) is 106 cm³/mol. The highest BCUT2D eigenvalue weighted by atomic mass is 32.1. The number of fused-ring (bicyclic) bond motifs is 1. The second-order valence-electron chi connectivity index (χ2n) is 6.43. The Bertz CT molecular complexity index is 817. The molecule has 1 aromatic carbocycles. The van der Waals surface area contributed by atoms with Crippen molar-refractivity contribution in [3.63, 3.8) is 0 Å². The van der Waals surface area contributed by atoms with E-state index in [1.54, 1.807) is 0 Å².